The molecule has 10 aromatic carbocycles. The molecule has 0 amide bonds. The van der Waals surface area contributed by atoms with Gasteiger partial charge in [0.25, 0.3) is 0 Å². The second-order valence-corrected chi connectivity index (χ2v) is 17.7. The number of hydrogen-bond acceptors (Lipinski definition) is 2. The number of fused-ring (bicyclic) bond motifs is 11. The molecular weight excluding hydrogens is 777 g/mol. The van der Waals surface area contributed by atoms with Crippen molar-refractivity contribution < 1.29 is 4.42 Å². The second-order valence-electron chi connectivity index (χ2n) is 17.7. The van der Waals surface area contributed by atoms with Crippen LogP contribution in [0, 0.1) is 0 Å². The van der Waals surface area contributed by atoms with E-state index in [2.05, 4.69) is 242 Å². The average molecular weight is 819 g/mol. The third-order valence-corrected chi connectivity index (χ3v) is 13.8. The molecule has 3 nitrogen and oxygen atoms in total. The molecule has 0 saturated heterocycles. The van der Waals surface area contributed by atoms with Crippen LogP contribution in [0.25, 0.3) is 93.6 Å². The largest absolute Gasteiger partial charge is 0.455 e. The first-order valence-electron chi connectivity index (χ1n) is 22.2. The quantitative estimate of drug-likeness (QED) is 0.167. The summed E-state index contributed by atoms with van der Waals surface area (Å²) in [5, 5.41) is 7.12. The number of nitrogens with zero attached hydrogens (tertiary/aromatic N) is 2. The molecule has 0 aliphatic heterocycles. The van der Waals surface area contributed by atoms with Gasteiger partial charge in [-0.3, -0.25) is 0 Å². The lowest BCUT2D eigenvalue weighted by Crippen LogP contribution is -2.16. The molecule has 302 valence electrons. The number of aromatic nitrogens is 1. The molecule has 3 heteroatoms. The molecule has 0 bridgehead atoms. The van der Waals surface area contributed by atoms with Crippen molar-refractivity contribution in [2.24, 2.45) is 0 Å². The maximum atomic E-state index is 6.65. The fraction of sp³-hybridized carbons (Fsp3) is 0.0492. The Bertz CT molecular complexity index is 3770. The van der Waals surface area contributed by atoms with Crippen molar-refractivity contribution in [1.82, 2.24) is 4.57 Å². The Hall–Kier alpha value is -8.14. The lowest BCUT2D eigenvalue weighted by Gasteiger charge is -2.29. The van der Waals surface area contributed by atoms with Gasteiger partial charge in [-0.05, 0) is 117 Å². The number of rotatable bonds is 6. The van der Waals surface area contributed by atoms with E-state index in [1.54, 1.807) is 0 Å². The standard InChI is InChI=1S/C61H42N2O/c1-61(2)53-23-8-5-22-52(53)59-54(61)24-13-27-57(59)62(45-17-12-16-42(37-45)43-31-34-50-51-35-30-40-14-3-4-19-47(40)60(51)64-58(50)38-43)44-32-28-39(29-33-44)41-15-11-18-46(36-41)63-55-25-9-6-20-48(55)49-21-7-10-26-56(49)63/h3-38H,1-2H3. The van der Waals surface area contributed by atoms with Crippen molar-refractivity contribution in [3.63, 3.8) is 0 Å². The van der Waals surface area contributed by atoms with Gasteiger partial charge in [0.15, 0.2) is 0 Å². The minimum atomic E-state index is -0.131. The molecular formula is C61H42N2O. The summed E-state index contributed by atoms with van der Waals surface area (Å²) in [5.41, 5.74) is 18.5. The molecule has 0 unspecified atom stereocenters. The first-order chi connectivity index (χ1) is 31.5. The van der Waals surface area contributed by atoms with E-state index in [0.717, 1.165) is 66.8 Å². The summed E-state index contributed by atoms with van der Waals surface area (Å²) < 4.78 is 9.04. The number of furan rings is 1. The van der Waals surface area contributed by atoms with Gasteiger partial charge in [-0.2, -0.15) is 0 Å². The molecule has 64 heavy (non-hydrogen) atoms. The first kappa shape index (κ1) is 36.5. The summed E-state index contributed by atoms with van der Waals surface area (Å²) in [6.45, 7) is 4.71. The predicted octanol–water partition coefficient (Wildman–Crippen LogP) is 16.9. The summed E-state index contributed by atoms with van der Waals surface area (Å²) in [7, 11) is 0. The summed E-state index contributed by atoms with van der Waals surface area (Å²) in [5.74, 6) is 0. The van der Waals surface area contributed by atoms with Crippen molar-refractivity contribution in [2.45, 2.75) is 19.3 Å². The zero-order valence-corrected chi connectivity index (χ0v) is 35.6. The Labute approximate surface area is 371 Å². The summed E-state index contributed by atoms with van der Waals surface area (Å²) in [6, 6.07) is 79.7. The van der Waals surface area contributed by atoms with Crippen LogP contribution in [-0.2, 0) is 5.41 Å². The summed E-state index contributed by atoms with van der Waals surface area (Å²) in [6.07, 6.45) is 0. The Kier molecular flexibility index (Phi) is 7.95. The van der Waals surface area contributed by atoms with Gasteiger partial charge in [0.2, 0.25) is 0 Å². The van der Waals surface area contributed by atoms with Gasteiger partial charge in [0.1, 0.15) is 11.2 Å². The number of para-hydroxylation sites is 2. The van der Waals surface area contributed by atoms with E-state index >= 15 is 0 Å². The van der Waals surface area contributed by atoms with Gasteiger partial charge in [-0.1, -0.05) is 159 Å². The summed E-state index contributed by atoms with van der Waals surface area (Å²) >= 11 is 0. The molecule has 1 aliphatic rings. The summed E-state index contributed by atoms with van der Waals surface area (Å²) in [4.78, 5) is 2.45. The zero-order valence-electron chi connectivity index (χ0n) is 35.6. The van der Waals surface area contributed by atoms with Crippen LogP contribution < -0.4 is 4.90 Å². The Balaban J connectivity index is 0.943. The minimum absolute atomic E-state index is 0.131. The zero-order chi connectivity index (χ0) is 42.5. The normalized spacial score (nSPS) is 13.0. The Morgan fingerprint density at radius 2 is 1.05 bits per heavy atom. The molecule has 0 radical (unpaired) electrons. The molecule has 0 atom stereocenters. The van der Waals surface area contributed by atoms with E-state index in [0.29, 0.717) is 0 Å². The molecule has 12 aromatic rings. The maximum Gasteiger partial charge on any atom is 0.143 e. The molecule has 0 spiro atoms. The first-order valence-corrected chi connectivity index (χ1v) is 22.2. The fourth-order valence-corrected chi connectivity index (χ4v) is 10.7. The van der Waals surface area contributed by atoms with E-state index in [1.807, 2.05) is 0 Å². The fourth-order valence-electron chi connectivity index (χ4n) is 10.7. The third-order valence-electron chi connectivity index (χ3n) is 13.8. The number of benzene rings is 10. The molecule has 1 aliphatic carbocycles. The molecule has 0 fully saturated rings. The van der Waals surface area contributed by atoms with Crippen LogP contribution in [0.4, 0.5) is 17.1 Å². The van der Waals surface area contributed by atoms with Gasteiger partial charge >= 0.3 is 0 Å². The van der Waals surface area contributed by atoms with E-state index < -0.39 is 0 Å². The Morgan fingerprint density at radius 3 is 1.86 bits per heavy atom. The third kappa shape index (κ3) is 5.47. The average Bonchev–Trinajstić information content (AvgIpc) is 3.98. The van der Waals surface area contributed by atoms with Gasteiger partial charge < -0.3 is 13.9 Å². The maximum absolute atomic E-state index is 6.65. The van der Waals surface area contributed by atoms with Crippen LogP contribution in [0.3, 0.4) is 0 Å². The van der Waals surface area contributed by atoms with E-state index in [1.165, 1.54) is 55.0 Å². The second kappa shape index (κ2) is 13.9. The highest BCUT2D eigenvalue weighted by Crippen LogP contribution is 2.54. The van der Waals surface area contributed by atoms with Crippen LogP contribution in [0.15, 0.2) is 223 Å². The van der Waals surface area contributed by atoms with Crippen LogP contribution in [-0.4, -0.2) is 4.57 Å². The topological polar surface area (TPSA) is 21.3 Å². The van der Waals surface area contributed by atoms with Crippen LogP contribution in [0.1, 0.15) is 25.0 Å². The van der Waals surface area contributed by atoms with Crippen molar-refractivity contribution in [3.8, 4) is 39.1 Å². The van der Waals surface area contributed by atoms with Gasteiger partial charge in [0, 0.05) is 55.0 Å². The highest BCUT2D eigenvalue weighted by Gasteiger charge is 2.37. The molecule has 0 saturated carbocycles. The van der Waals surface area contributed by atoms with Crippen LogP contribution in [0.5, 0.6) is 0 Å². The highest BCUT2D eigenvalue weighted by molar-refractivity contribution is 6.15. The van der Waals surface area contributed by atoms with Crippen LogP contribution in [0.2, 0.25) is 0 Å². The number of hydrogen-bond donors (Lipinski definition) is 0. The molecule has 2 heterocycles. The lowest BCUT2D eigenvalue weighted by molar-refractivity contribution is 0.660. The Morgan fingerprint density at radius 1 is 0.422 bits per heavy atom. The SMILES string of the molecule is CC1(C)c2ccccc2-c2c(N(c3ccc(-c4cccc(-n5c6ccccc6c6ccccc65)c4)cc3)c3cccc(-c4ccc5c(c4)oc4c6ccccc6ccc54)c3)cccc21. The molecule has 2 aromatic heterocycles. The van der Waals surface area contributed by atoms with E-state index in [-0.39, 0.29) is 5.41 Å². The van der Waals surface area contributed by atoms with Gasteiger partial charge in [-0.15, -0.1) is 0 Å². The van der Waals surface area contributed by atoms with Crippen molar-refractivity contribution in [3.05, 3.63) is 230 Å². The smallest absolute Gasteiger partial charge is 0.143 e. The van der Waals surface area contributed by atoms with Crippen molar-refractivity contribution in [2.75, 3.05) is 4.90 Å². The molecule has 13 rings (SSSR count). The van der Waals surface area contributed by atoms with E-state index in [4.69, 9.17) is 4.42 Å². The molecule has 0 N–H and O–H groups in total. The predicted molar refractivity (Wildman–Crippen MR) is 269 cm³/mol. The van der Waals surface area contributed by atoms with E-state index in [9.17, 15) is 0 Å². The van der Waals surface area contributed by atoms with Crippen molar-refractivity contribution >= 4 is 71.6 Å². The lowest BCUT2D eigenvalue weighted by atomic mass is 9.82. The van der Waals surface area contributed by atoms with Gasteiger partial charge in [0.05, 0.1) is 16.7 Å². The highest BCUT2D eigenvalue weighted by atomic mass is 16.3. The van der Waals surface area contributed by atoms with Crippen molar-refractivity contribution in [1.29, 1.82) is 0 Å². The monoisotopic (exact) mass is 818 g/mol. The minimum Gasteiger partial charge on any atom is -0.455 e. The van der Waals surface area contributed by atoms with Gasteiger partial charge in [-0.25, -0.2) is 0 Å². The van der Waals surface area contributed by atoms with Crippen LogP contribution >= 0.6 is 0 Å². The number of anilines is 3.